The third-order valence-electron chi connectivity index (χ3n) is 4.42. The number of nitrogens with one attached hydrogen (secondary N) is 2. The van der Waals surface area contributed by atoms with E-state index in [1.807, 2.05) is 50.1 Å². The zero-order valence-electron chi connectivity index (χ0n) is 17.7. The first-order valence-electron chi connectivity index (χ1n) is 10.3. The summed E-state index contributed by atoms with van der Waals surface area (Å²) in [4.78, 5) is 23.2. The summed E-state index contributed by atoms with van der Waals surface area (Å²) in [6, 6.07) is 5.95. The number of aromatic nitrogens is 1. The van der Waals surface area contributed by atoms with Gasteiger partial charge in [0.1, 0.15) is 5.60 Å². The molecule has 0 radical (unpaired) electrons. The Labute approximate surface area is 169 Å². The van der Waals surface area contributed by atoms with E-state index in [0.29, 0.717) is 19.0 Å². The maximum absolute atomic E-state index is 12.3. The number of aliphatic imine (C=N–C) groups is 1. The van der Waals surface area contributed by atoms with Gasteiger partial charge in [0.25, 0.3) is 0 Å². The van der Waals surface area contributed by atoms with Crippen LogP contribution in [0, 0.1) is 5.92 Å². The largest absolute Gasteiger partial charge is 0.444 e. The number of pyridine rings is 1. The van der Waals surface area contributed by atoms with Crippen LogP contribution in [0.1, 0.15) is 46.2 Å². The molecule has 0 bridgehead atoms. The van der Waals surface area contributed by atoms with Gasteiger partial charge in [0, 0.05) is 51.0 Å². The molecule has 1 aliphatic heterocycles. The highest BCUT2D eigenvalue weighted by atomic mass is 16.6. The minimum Gasteiger partial charge on any atom is -0.444 e. The fraction of sp³-hybridized carbons (Fsp3) is 0.667. The lowest BCUT2D eigenvalue weighted by Gasteiger charge is -2.33. The van der Waals surface area contributed by atoms with Gasteiger partial charge < -0.3 is 20.3 Å². The first kappa shape index (κ1) is 22.0. The highest BCUT2D eigenvalue weighted by Gasteiger charge is 2.27. The Kier molecular flexibility index (Phi) is 8.54. The Balaban J connectivity index is 1.82. The van der Waals surface area contributed by atoms with Crippen LogP contribution in [0.15, 0.2) is 29.4 Å². The fourth-order valence-corrected chi connectivity index (χ4v) is 3.12. The predicted octanol–water partition coefficient (Wildman–Crippen LogP) is 2.83. The van der Waals surface area contributed by atoms with E-state index in [1.54, 1.807) is 0 Å². The molecule has 0 saturated carbocycles. The molecule has 2 rings (SSSR count). The Morgan fingerprint density at radius 1 is 1.36 bits per heavy atom. The third-order valence-corrected chi connectivity index (χ3v) is 4.42. The molecule has 2 heterocycles. The normalized spacial score (nSPS) is 17.9. The van der Waals surface area contributed by atoms with E-state index >= 15 is 0 Å². The van der Waals surface area contributed by atoms with Crippen molar-refractivity contribution in [3.63, 3.8) is 0 Å². The van der Waals surface area contributed by atoms with E-state index in [9.17, 15) is 4.79 Å². The molecule has 1 unspecified atom stereocenters. The molecule has 28 heavy (non-hydrogen) atoms. The summed E-state index contributed by atoms with van der Waals surface area (Å²) < 4.78 is 5.51. The second kappa shape index (κ2) is 10.9. The summed E-state index contributed by atoms with van der Waals surface area (Å²) in [6.07, 6.45) is 4.51. The van der Waals surface area contributed by atoms with Crippen molar-refractivity contribution in [3.05, 3.63) is 30.1 Å². The molecule has 2 N–H and O–H groups in total. The molecule has 7 heteroatoms. The summed E-state index contributed by atoms with van der Waals surface area (Å²) in [6.45, 7) is 11.5. The number of likely N-dealkylation sites (tertiary alicyclic amines) is 1. The van der Waals surface area contributed by atoms with Crippen molar-refractivity contribution in [2.24, 2.45) is 10.9 Å². The maximum Gasteiger partial charge on any atom is 0.410 e. The molecular formula is C21H35N5O2. The summed E-state index contributed by atoms with van der Waals surface area (Å²) >= 11 is 0. The molecular weight excluding hydrogens is 354 g/mol. The highest BCUT2D eigenvalue weighted by Crippen LogP contribution is 2.19. The van der Waals surface area contributed by atoms with Crippen molar-refractivity contribution in [2.75, 3.05) is 32.7 Å². The predicted molar refractivity (Wildman–Crippen MR) is 112 cm³/mol. The van der Waals surface area contributed by atoms with Crippen LogP contribution in [0.25, 0.3) is 0 Å². The number of rotatable bonds is 6. The molecule has 7 nitrogen and oxygen atoms in total. The minimum atomic E-state index is -0.460. The smallest absolute Gasteiger partial charge is 0.410 e. The molecule has 0 aliphatic carbocycles. The molecule has 156 valence electrons. The molecule has 1 aromatic rings. The highest BCUT2D eigenvalue weighted by molar-refractivity contribution is 5.79. The standard InChI is InChI=1S/C21H35N5O2/c1-5-22-19(24-13-11-18-10-6-7-12-23-18)25-15-17-9-8-14-26(16-17)20(27)28-21(2,3)4/h6-7,10,12,17H,5,8-9,11,13-16H2,1-4H3,(H2,22,24,25). The summed E-state index contributed by atoms with van der Waals surface area (Å²) in [7, 11) is 0. The van der Waals surface area contributed by atoms with Gasteiger partial charge in [0.2, 0.25) is 0 Å². The lowest BCUT2D eigenvalue weighted by atomic mass is 9.98. The van der Waals surface area contributed by atoms with Crippen LogP contribution in [0.2, 0.25) is 0 Å². The van der Waals surface area contributed by atoms with E-state index in [4.69, 9.17) is 9.73 Å². The van der Waals surface area contributed by atoms with Gasteiger partial charge >= 0.3 is 6.09 Å². The number of hydrogen-bond acceptors (Lipinski definition) is 4. The second-order valence-electron chi connectivity index (χ2n) is 8.15. The Morgan fingerprint density at radius 2 is 2.18 bits per heavy atom. The van der Waals surface area contributed by atoms with Gasteiger partial charge in [-0.15, -0.1) is 0 Å². The third kappa shape index (κ3) is 8.15. The average molecular weight is 390 g/mol. The van der Waals surface area contributed by atoms with Gasteiger partial charge in [-0.25, -0.2) is 4.79 Å². The molecule has 1 fully saturated rings. The van der Waals surface area contributed by atoms with Crippen molar-refractivity contribution in [2.45, 2.75) is 52.6 Å². The number of ether oxygens (including phenoxy) is 1. The van der Waals surface area contributed by atoms with E-state index in [0.717, 1.165) is 50.6 Å². The van der Waals surface area contributed by atoms with Crippen molar-refractivity contribution in [1.82, 2.24) is 20.5 Å². The van der Waals surface area contributed by atoms with Crippen LogP contribution in [0.5, 0.6) is 0 Å². The molecule has 1 saturated heterocycles. The van der Waals surface area contributed by atoms with Crippen LogP contribution in [0.3, 0.4) is 0 Å². The van der Waals surface area contributed by atoms with Crippen molar-refractivity contribution in [3.8, 4) is 0 Å². The Bertz CT molecular complexity index is 627. The van der Waals surface area contributed by atoms with Gasteiger partial charge in [-0.2, -0.15) is 0 Å². The van der Waals surface area contributed by atoms with Gasteiger partial charge in [-0.05, 0) is 58.6 Å². The summed E-state index contributed by atoms with van der Waals surface area (Å²) in [5.74, 6) is 1.17. The molecule has 0 spiro atoms. The first-order chi connectivity index (χ1) is 13.4. The Morgan fingerprint density at radius 3 is 2.86 bits per heavy atom. The maximum atomic E-state index is 12.3. The molecule has 1 aromatic heterocycles. The number of carbonyl (C=O) groups is 1. The number of guanidine groups is 1. The average Bonchev–Trinajstić information content (AvgIpc) is 2.66. The number of nitrogens with zero attached hydrogens (tertiary/aromatic N) is 3. The van der Waals surface area contributed by atoms with Gasteiger partial charge in [0.05, 0.1) is 0 Å². The Hall–Kier alpha value is -2.31. The zero-order chi connectivity index (χ0) is 20.4. The van der Waals surface area contributed by atoms with Crippen LogP contribution in [0.4, 0.5) is 4.79 Å². The quantitative estimate of drug-likeness (QED) is 0.578. The fourth-order valence-electron chi connectivity index (χ4n) is 3.12. The van der Waals surface area contributed by atoms with Crippen LogP contribution in [-0.2, 0) is 11.2 Å². The number of carbonyl (C=O) groups excluding carboxylic acids is 1. The van der Waals surface area contributed by atoms with E-state index in [-0.39, 0.29) is 6.09 Å². The number of hydrogen-bond donors (Lipinski definition) is 2. The van der Waals surface area contributed by atoms with Crippen molar-refractivity contribution < 1.29 is 9.53 Å². The topological polar surface area (TPSA) is 78.9 Å². The molecule has 0 aromatic carbocycles. The summed E-state index contributed by atoms with van der Waals surface area (Å²) in [5, 5.41) is 6.65. The summed E-state index contributed by atoms with van der Waals surface area (Å²) in [5.41, 5.74) is 0.601. The van der Waals surface area contributed by atoms with Crippen LogP contribution in [-0.4, -0.2) is 60.3 Å². The number of amides is 1. The van der Waals surface area contributed by atoms with E-state index in [1.165, 1.54) is 0 Å². The lowest BCUT2D eigenvalue weighted by molar-refractivity contribution is 0.0170. The number of piperidine rings is 1. The van der Waals surface area contributed by atoms with Crippen molar-refractivity contribution in [1.29, 1.82) is 0 Å². The molecule has 1 aliphatic rings. The molecule has 1 atom stereocenters. The minimum absolute atomic E-state index is 0.221. The van der Waals surface area contributed by atoms with E-state index in [2.05, 4.69) is 22.5 Å². The van der Waals surface area contributed by atoms with Gasteiger partial charge in [0.15, 0.2) is 5.96 Å². The van der Waals surface area contributed by atoms with Crippen molar-refractivity contribution >= 4 is 12.1 Å². The van der Waals surface area contributed by atoms with Gasteiger partial charge in [-0.3, -0.25) is 9.98 Å². The molecule has 1 amide bonds. The van der Waals surface area contributed by atoms with Gasteiger partial charge in [-0.1, -0.05) is 6.07 Å². The second-order valence-corrected chi connectivity index (χ2v) is 8.15. The lowest BCUT2D eigenvalue weighted by Crippen LogP contribution is -2.44. The van der Waals surface area contributed by atoms with Crippen LogP contribution >= 0.6 is 0 Å². The SMILES string of the molecule is CCNC(=NCC1CCCN(C(=O)OC(C)(C)C)C1)NCCc1ccccn1. The first-order valence-corrected chi connectivity index (χ1v) is 10.3. The van der Waals surface area contributed by atoms with Crippen LogP contribution < -0.4 is 10.6 Å². The zero-order valence-corrected chi connectivity index (χ0v) is 17.7. The van der Waals surface area contributed by atoms with E-state index < -0.39 is 5.60 Å². The monoisotopic (exact) mass is 389 g/mol.